The highest BCUT2D eigenvalue weighted by atomic mass is 19.4. The summed E-state index contributed by atoms with van der Waals surface area (Å²) in [6, 6.07) is 5.09. The van der Waals surface area contributed by atoms with Crippen LogP contribution in [0.4, 0.5) is 49.6 Å². The third-order valence-corrected chi connectivity index (χ3v) is 5.13. The topological polar surface area (TPSA) is 136 Å². The molecule has 0 aliphatic heterocycles. The quantitative estimate of drug-likeness (QED) is 0.135. The Balaban J connectivity index is 1.59. The standard InChI is InChI=1S/C21H16F6N8O2/c22-20(23,24)11-1-2-12(13(9-11)21(25,26)27)14-10-17-30-7-8-34(17)19(32-14)31-6-5-29-16-4-3-15(35(36)37)18(28)33-16/h1-4,7-10H,5-6H2,(H,31,32)(H3,28,29,33). The number of hydrogen-bond donors (Lipinski definition) is 3. The second-order valence-electron chi connectivity index (χ2n) is 7.59. The highest BCUT2D eigenvalue weighted by molar-refractivity contribution is 5.70. The molecule has 16 heteroatoms. The van der Waals surface area contributed by atoms with Crippen molar-refractivity contribution in [2.24, 2.45) is 0 Å². The zero-order chi connectivity index (χ0) is 27.0. The molecule has 0 unspecified atom stereocenters. The number of nitrogens with one attached hydrogen (secondary N) is 2. The van der Waals surface area contributed by atoms with E-state index < -0.39 is 34.0 Å². The number of halogens is 6. The number of imidazole rings is 1. The van der Waals surface area contributed by atoms with E-state index in [-0.39, 0.29) is 53.8 Å². The third kappa shape index (κ3) is 5.46. The molecule has 4 rings (SSSR count). The highest BCUT2D eigenvalue weighted by Gasteiger charge is 2.38. The zero-order valence-electron chi connectivity index (χ0n) is 18.4. The number of fused-ring (bicyclic) bond motifs is 1. The van der Waals surface area contributed by atoms with E-state index in [1.54, 1.807) is 0 Å². The van der Waals surface area contributed by atoms with Crippen molar-refractivity contribution in [2.75, 3.05) is 29.5 Å². The zero-order valence-corrected chi connectivity index (χ0v) is 18.4. The number of nitro groups is 1. The van der Waals surface area contributed by atoms with Crippen LogP contribution in [0.15, 0.2) is 48.8 Å². The van der Waals surface area contributed by atoms with Crippen molar-refractivity contribution in [1.29, 1.82) is 0 Å². The summed E-state index contributed by atoms with van der Waals surface area (Å²) in [5.41, 5.74) is 1.70. The first-order valence-corrected chi connectivity index (χ1v) is 10.4. The number of nitrogen functional groups attached to an aromatic ring is 1. The van der Waals surface area contributed by atoms with Gasteiger partial charge >= 0.3 is 18.0 Å². The summed E-state index contributed by atoms with van der Waals surface area (Å²) >= 11 is 0. The van der Waals surface area contributed by atoms with Crippen molar-refractivity contribution in [3.63, 3.8) is 0 Å². The molecule has 0 aliphatic rings. The molecule has 4 N–H and O–H groups in total. The molecule has 0 amide bonds. The van der Waals surface area contributed by atoms with Crippen LogP contribution in [-0.4, -0.2) is 37.4 Å². The normalized spacial score (nSPS) is 12.1. The van der Waals surface area contributed by atoms with Gasteiger partial charge in [-0.25, -0.2) is 15.0 Å². The number of pyridine rings is 1. The van der Waals surface area contributed by atoms with Gasteiger partial charge in [0.15, 0.2) is 0 Å². The van der Waals surface area contributed by atoms with Crippen molar-refractivity contribution in [3.8, 4) is 11.3 Å². The van der Waals surface area contributed by atoms with Gasteiger partial charge in [0.1, 0.15) is 11.5 Å². The fraction of sp³-hybridized carbons (Fsp3) is 0.190. The summed E-state index contributed by atoms with van der Waals surface area (Å²) in [6.07, 6.45) is -7.15. The first-order valence-electron chi connectivity index (χ1n) is 10.4. The average molecular weight is 526 g/mol. The van der Waals surface area contributed by atoms with Crippen LogP contribution in [0.5, 0.6) is 0 Å². The van der Waals surface area contributed by atoms with Gasteiger partial charge in [-0.1, -0.05) is 6.07 Å². The molecular weight excluding hydrogens is 510 g/mol. The second kappa shape index (κ2) is 9.44. The molecule has 3 heterocycles. The van der Waals surface area contributed by atoms with Crippen LogP contribution >= 0.6 is 0 Å². The Bertz CT molecular complexity index is 1470. The van der Waals surface area contributed by atoms with Crippen molar-refractivity contribution >= 4 is 28.9 Å². The number of alkyl halides is 6. The van der Waals surface area contributed by atoms with Crippen LogP contribution in [0.1, 0.15) is 11.1 Å². The number of rotatable bonds is 7. The van der Waals surface area contributed by atoms with Crippen LogP contribution < -0.4 is 16.4 Å². The van der Waals surface area contributed by atoms with Crippen LogP contribution in [0.3, 0.4) is 0 Å². The monoisotopic (exact) mass is 526 g/mol. The van der Waals surface area contributed by atoms with E-state index in [1.807, 2.05) is 0 Å². The molecular formula is C21H16F6N8O2. The Morgan fingerprint density at radius 3 is 2.35 bits per heavy atom. The molecule has 1 aromatic carbocycles. The van der Waals surface area contributed by atoms with Crippen molar-refractivity contribution in [1.82, 2.24) is 19.4 Å². The predicted octanol–water partition coefficient (Wildman–Crippen LogP) is 4.84. The lowest BCUT2D eigenvalue weighted by atomic mass is 10.0. The van der Waals surface area contributed by atoms with Gasteiger partial charge in [-0.3, -0.25) is 14.5 Å². The number of nitrogens with zero attached hydrogens (tertiary/aromatic N) is 5. The molecule has 0 atom stereocenters. The van der Waals surface area contributed by atoms with Gasteiger partial charge in [0.05, 0.1) is 21.7 Å². The minimum absolute atomic E-state index is 0.0483. The number of anilines is 3. The first kappa shape index (κ1) is 25.5. The van der Waals surface area contributed by atoms with E-state index in [0.29, 0.717) is 6.07 Å². The second-order valence-corrected chi connectivity index (χ2v) is 7.59. The van der Waals surface area contributed by atoms with Crippen LogP contribution in [0, 0.1) is 10.1 Å². The lowest BCUT2D eigenvalue weighted by Gasteiger charge is -2.17. The van der Waals surface area contributed by atoms with E-state index in [2.05, 4.69) is 25.6 Å². The van der Waals surface area contributed by atoms with E-state index in [9.17, 15) is 36.5 Å². The summed E-state index contributed by atoms with van der Waals surface area (Å²) < 4.78 is 81.6. The first-order chi connectivity index (χ1) is 17.3. The van der Waals surface area contributed by atoms with Gasteiger partial charge in [-0.2, -0.15) is 26.3 Å². The minimum atomic E-state index is -5.07. The maximum absolute atomic E-state index is 13.7. The highest BCUT2D eigenvalue weighted by Crippen LogP contribution is 2.40. The van der Waals surface area contributed by atoms with Gasteiger partial charge in [-0.15, -0.1) is 0 Å². The lowest BCUT2D eigenvalue weighted by molar-refractivity contribution is -0.384. The van der Waals surface area contributed by atoms with E-state index in [0.717, 1.165) is 6.07 Å². The lowest BCUT2D eigenvalue weighted by Crippen LogP contribution is -2.17. The Morgan fingerprint density at radius 2 is 1.70 bits per heavy atom. The van der Waals surface area contributed by atoms with E-state index in [1.165, 1.54) is 35.0 Å². The molecule has 0 saturated carbocycles. The molecule has 0 aliphatic carbocycles. The van der Waals surface area contributed by atoms with E-state index >= 15 is 0 Å². The molecule has 10 nitrogen and oxygen atoms in total. The maximum atomic E-state index is 13.7. The van der Waals surface area contributed by atoms with Gasteiger partial charge in [0, 0.05) is 43.2 Å². The number of aromatic nitrogens is 4. The van der Waals surface area contributed by atoms with Crippen LogP contribution in [0.2, 0.25) is 0 Å². The molecule has 0 saturated heterocycles. The molecule has 194 valence electrons. The summed E-state index contributed by atoms with van der Waals surface area (Å²) in [5, 5.41) is 16.6. The van der Waals surface area contributed by atoms with Crippen molar-refractivity contribution in [2.45, 2.75) is 12.4 Å². The van der Waals surface area contributed by atoms with Gasteiger partial charge in [-0.05, 0) is 18.2 Å². The maximum Gasteiger partial charge on any atom is 0.417 e. The smallest absolute Gasteiger partial charge is 0.378 e. The van der Waals surface area contributed by atoms with Gasteiger partial charge in [0.25, 0.3) is 0 Å². The molecule has 3 aromatic heterocycles. The van der Waals surface area contributed by atoms with Gasteiger partial charge < -0.3 is 16.4 Å². The molecule has 37 heavy (non-hydrogen) atoms. The summed E-state index contributed by atoms with van der Waals surface area (Å²) in [7, 11) is 0. The largest absolute Gasteiger partial charge is 0.417 e. The van der Waals surface area contributed by atoms with Crippen molar-refractivity contribution < 1.29 is 31.3 Å². The Hall–Kier alpha value is -4.63. The number of benzene rings is 1. The van der Waals surface area contributed by atoms with Crippen LogP contribution in [0.25, 0.3) is 16.9 Å². The molecule has 0 spiro atoms. The fourth-order valence-corrected chi connectivity index (χ4v) is 3.45. The third-order valence-electron chi connectivity index (χ3n) is 5.13. The Kier molecular flexibility index (Phi) is 6.49. The van der Waals surface area contributed by atoms with E-state index in [4.69, 9.17) is 5.73 Å². The molecule has 4 aromatic rings. The molecule has 0 radical (unpaired) electrons. The Morgan fingerprint density at radius 1 is 0.973 bits per heavy atom. The van der Waals surface area contributed by atoms with Gasteiger partial charge in [0.2, 0.25) is 11.8 Å². The summed E-state index contributed by atoms with van der Waals surface area (Å²) in [6.45, 7) is 0.349. The average Bonchev–Trinajstić information content (AvgIpc) is 3.29. The number of nitrogens with two attached hydrogens (primary N) is 1. The van der Waals surface area contributed by atoms with Crippen molar-refractivity contribution in [3.05, 3.63) is 70.0 Å². The SMILES string of the molecule is Nc1nc(NCCNc2nc(-c3ccc(C(F)(F)F)cc3C(F)(F)F)cc3nccn23)ccc1[N+](=O)[O-]. The molecule has 0 fully saturated rings. The predicted molar refractivity (Wildman–Crippen MR) is 121 cm³/mol. The number of hydrogen-bond acceptors (Lipinski definition) is 8. The Labute approximate surface area is 203 Å². The summed E-state index contributed by atoms with van der Waals surface area (Å²) in [4.78, 5) is 22.3. The summed E-state index contributed by atoms with van der Waals surface area (Å²) in [5.74, 6) is 0.0458. The fourth-order valence-electron chi connectivity index (χ4n) is 3.45. The van der Waals surface area contributed by atoms with Crippen LogP contribution in [-0.2, 0) is 12.4 Å². The minimum Gasteiger partial charge on any atom is -0.378 e. The molecule has 0 bridgehead atoms.